The fourth-order valence-corrected chi connectivity index (χ4v) is 1.24. The van der Waals surface area contributed by atoms with Crippen molar-refractivity contribution in [3.63, 3.8) is 0 Å². The predicted molar refractivity (Wildman–Crippen MR) is 61.0 cm³/mol. The lowest BCUT2D eigenvalue weighted by atomic mass is 10.1. The third-order valence-corrected chi connectivity index (χ3v) is 2.00. The highest BCUT2D eigenvalue weighted by Crippen LogP contribution is 2.04. The van der Waals surface area contributed by atoms with E-state index in [9.17, 15) is 0 Å². The number of unbranched alkanes of at least 4 members (excludes halogenated alkanes) is 5. The summed E-state index contributed by atoms with van der Waals surface area (Å²) in [6.07, 6.45) is 7.73. The van der Waals surface area contributed by atoms with Gasteiger partial charge in [0.15, 0.2) is 0 Å². The Hall–Kier alpha value is -0.150. The van der Waals surface area contributed by atoms with E-state index in [1.807, 2.05) is 0 Å². The molecule has 0 amide bonds. The number of ether oxygens (including phenoxy) is 1. The molecule has 0 aliphatic heterocycles. The Morgan fingerprint density at radius 3 is 2.38 bits per heavy atom. The monoisotopic (exact) mass is 203 g/mol. The molecule has 13 heavy (non-hydrogen) atoms. The molecule has 0 bridgehead atoms. The van der Waals surface area contributed by atoms with E-state index in [1.165, 1.54) is 32.1 Å². The number of thiocarbonyl (C=S) groups is 1. The molecule has 0 radical (unpaired) electrons. The summed E-state index contributed by atoms with van der Waals surface area (Å²) in [4.78, 5) is 0.450. The molecule has 78 valence electrons. The van der Waals surface area contributed by atoms with E-state index in [2.05, 4.69) is 19.1 Å². The van der Waals surface area contributed by atoms with Gasteiger partial charge in [0.1, 0.15) is 0 Å². The Bertz CT molecular complexity index is 128. The van der Waals surface area contributed by atoms with E-state index in [0.717, 1.165) is 13.0 Å². The average molecular weight is 203 g/mol. The molecule has 2 N–H and O–H groups in total. The molecular formula is C10H21NOS. The van der Waals surface area contributed by atoms with Crippen LogP contribution in [-0.2, 0) is 4.74 Å². The minimum atomic E-state index is 0.435. The van der Waals surface area contributed by atoms with Crippen molar-refractivity contribution < 1.29 is 4.74 Å². The maximum atomic E-state index is 5.28. The van der Waals surface area contributed by atoms with Gasteiger partial charge in [-0.3, -0.25) is 0 Å². The van der Waals surface area contributed by atoms with Crippen LogP contribution in [0.2, 0.25) is 0 Å². The average Bonchev–Trinajstić information content (AvgIpc) is 2.09. The molecule has 0 spiro atoms. The fraction of sp³-hybridized carbons (Fsp3) is 0.900. The van der Waals surface area contributed by atoms with Gasteiger partial charge in [-0.25, -0.2) is 0 Å². The van der Waals surface area contributed by atoms with Crippen molar-refractivity contribution in [1.29, 1.82) is 0 Å². The van der Waals surface area contributed by atoms with E-state index in [4.69, 9.17) is 10.5 Å². The van der Waals surface area contributed by atoms with Crippen molar-refractivity contribution in [3.8, 4) is 0 Å². The maximum Gasteiger partial charge on any atom is 0.0989 e. The normalized spacial score (nSPS) is 10.2. The topological polar surface area (TPSA) is 35.2 Å². The van der Waals surface area contributed by atoms with E-state index in [0.29, 0.717) is 11.6 Å². The first-order valence-electron chi connectivity index (χ1n) is 5.13. The standard InChI is InChI=1S/C10H21NOS/c1-2-3-4-5-6-7-8-12-9-10(11)13/h2-9H2,1H3,(H2,11,13). The first-order chi connectivity index (χ1) is 6.27. The van der Waals surface area contributed by atoms with Crippen LogP contribution in [0.5, 0.6) is 0 Å². The molecule has 2 nitrogen and oxygen atoms in total. The third kappa shape index (κ3) is 11.9. The van der Waals surface area contributed by atoms with Crippen LogP contribution in [0, 0.1) is 0 Å². The van der Waals surface area contributed by atoms with Gasteiger partial charge >= 0.3 is 0 Å². The second-order valence-corrected chi connectivity index (χ2v) is 3.81. The van der Waals surface area contributed by atoms with Gasteiger partial charge in [0.05, 0.1) is 11.6 Å². The van der Waals surface area contributed by atoms with E-state index < -0.39 is 0 Å². The summed E-state index contributed by atoms with van der Waals surface area (Å²) in [6, 6.07) is 0. The fourth-order valence-electron chi connectivity index (χ4n) is 1.16. The van der Waals surface area contributed by atoms with Gasteiger partial charge in [-0.05, 0) is 6.42 Å². The molecule has 3 heteroatoms. The van der Waals surface area contributed by atoms with Crippen LogP contribution in [-0.4, -0.2) is 18.2 Å². The summed E-state index contributed by atoms with van der Waals surface area (Å²) in [7, 11) is 0. The molecule has 0 aromatic carbocycles. The number of rotatable bonds is 9. The Kier molecular flexibility index (Phi) is 9.82. The summed E-state index contributed by atoms with van der Waals surface area (Å²) in [5.41, 5.74) is 5.28. The predicted octanol–water partition coefficient (Wildman–Crippen LogP) is 2.65. The highest BCUT2D eigenvalue weighted by molar-refractivity contribution is 7.80. The van der Waals surface area contributed by atoms with Crippen LogP contribution < -0.4 is 5.73 Å². The molecule has 0 rings (SSSR count). The summed E-state index contributed by atoms with van der Waals surface area (Å²) in [5.74, 6) is 0. The molecule has 0 aromatic heterocycles. The maximum absolute atomic E-state index is 5.28. The van der Waals surface area contributed by atoms with Crippen molar-refractivity contribution in [3.05, 3.63) is 0 Å². The molecule has 0 atom stereocenters. The largest absolute Gasteiger partial charge is 0.391 e. The van der Waals surface area contributed by atoms with Crippen LogP contribution in [0.1, 0.15) is 45.4 Å². The molecule has 0 aliphatic rings. The first-order valence-corrected chi connectivity index (χ1v) is 5.54. The van der Waals surface area contributed by atoms with Gasteiger partial charge in [-0.2, -0.15) is 0 Å². The molecule has 0 aliphatic carbocycles. The van der Waals surface area contributed by atoms with Crippen LogP contribution in [0.25, 0.3) is 0 Å². The molecule has 0 aromatic rings. The minimum absolute atomic E-state index is 0.435. The van der Waals surface area contributed by atoms with Crippen molar-refractivity contribution in [1.82, 2.24) is 0 Å². The Morgan fingerprint density at radius 1 is 1.15 bits per heavy atom. The lowest BCUT2D eigenvalue weighted by molar-refractivity contribution is 0.167. The molecule has 0 heterocycles. The van der Waals surface area contributed by atoms with Crippen molar-refractivity contribution in [2.24, 2.45) is 5.73 Å². The molecule has 0 saturated heterocycles. The number of nitrogens with two attached hydrogens (primary N) is 1. The Morgan fingerprint density at radius 2 is 1.77 bits per heavy atom. The van der Waals surface area contributed by atoms with Crippen LogP contribution in [0.4, 0.5) is 0 Å². The zero-order valence-corrected chi connectivity index (χ0v) is 9.37. The second-order valence-electron chi connectivity index (χ2n) is 3.29. The third-order valence-electron chi connectivity index (χ3n) is 1.89. The number of hydrogen-bond acceptors (Lipinski definition) is 2. The minimum Gasteiger partial charge on any atom is -0.391 e. The summed E-state index contributed by atoms with van der Waals surface area (Å²) in [5, 5.41) is 0. The van der Waals surface area contributed by atoms with Gasteiger partial charge < -0.3 is 10.5 Å². The van der Waals surface area contributed by atoms with Crippen LogP contribution in [0.15, 0.2) is 0 Å². The van der Waals surface area contributed by atoms with Gasteiger partial charge in [-0.1, -0.05) is 51.2 Å². The van der Waals surface area contributed by atoms with Gasteiger partial charge in [0.25, 0.3) is 0 Å². The van der Waals surface area contributed by atoms with E-state index in [1.54, 1.807) is 0 Å². The van der Waals surface area contributed by atoms with Crippen molar-refractivity contribution >= 4 is 17.2 Å². The zero-order valence-electron chi connectivity index (χ0n) is 8.55. The van der Waals surface area contributed by atoms with Gasteiger partial charge in [-0.15, -0.1) is 0 Å². The van der Waals surface area contributed by atoms with E-state index >= 15 is 0 Å². The van der Waals surface area contributed by atoms with Crippen LogP contribution >= 0.6 is 12.2 Å². The summed E-state index contributed by atoms with van der Waals surface area (Å²) in [6.45, 7) is 3.46. The smallest absolute Gasteiger partial charge is 0.0989 e. The number of hydrogen-bond donors (Lipinski definition) is 1. The van der Waals surface area contributed by atoms with Gasteiger partial charge in [0.2, 0.25) is 0 Å². The molecule has 0 unspecified atom stereocenters. The zero-order chi connectivity index (χ0) is 9.94. The lowest BCUT2D eigenvalue weighted by Gasteiger charge is -2.02. The second kappa shape index (κ2) is 9.93. The quantitative estimate of drug-likeness (QED) is 0.462. The van der Waals surface area contributed by atoms with Gasteiger partial charge in [0, 0.05) is 6.61 Å². The van der Waals surface area contributed by atoms with E-state index in [-0.39, 0.29) is 0 Å². The SMILES string of the molecule is CCCCCCCCOCC(N)=S. The van der Waals surface area contributed by atoms with Crippen molar-refractivity contribution in [2.45, 2.75) is 45.4 Å². The summed E-state index contributed by atoms with van der Waals surface area (Å²) < 4.78 is 5.24. The molecule has 0 fully saturated rings. The Labute approximate surface area is 86.8 Å². The first kappa shape index (κ1) is 12.8. The summed E-state index contributed by atoms with van der Waals surface area (Å²) >= 11 is 4.68. The van der Waals surface area contributed by atoms with Crippen molar-refractivity contribution in [2.75, 3.05) is 13.2 Å². The highest BCUT2D eigenvalue weighted by Gasteiger charge is 1.91. The molecular weight excluding hydrogens is 182 g/mol. The lowest BCUT2D eigenvalue weighted by Crippen LogP contribution is -2.16. The Balaban J connectivity index is 2.87. The molecule has 0 saturated carbocycles. The highest BCUT2D eigenvalue weighted by atomic mass is 32.1. The van der Waals surface area contributed by atoms with Crippen LogP contribution in [0.3, 0.4) is 0 Å².